The van der Waals surface area contributed by atoms with E-state index in [-0.39, 0.29) is 6.61 Å². The molecule has 0 bridgehead atoms. The number of hydrogen-bond donors (Lipinski definition) is 2. The maximum absolute atomic E-state index is 9.40. The number of aliphatic hydroxyl groups excluding tert-OH is 2. The largest absolute Gasteiger partial charge is 0.390 e. The summed E-state index contributed by atoms with van der Waals surface area (Å²) in [6, 6.07) is -0.758. The highest BCUT2D eigenvalue weighted by Gasteiger charge is 2.37. The molecule has 13 heavy (non-hydrogen) atoms. The van der Waals surface area contributed by atoms with Crippen molar-refractivity contribution in [1.29, 1.82) is 0 Å². The van der Waals surface area contributed by atoms with Gasteiger partial charge in [-0.2, -0.15) is 0 Å². The molecule has 2 N–H and O–H groups in total. The van der Waals surface area contributed by atoms with Crippen LogP contribution >= 0.6 is 0 Å². The fourth-order valence-corrected chi connectivity index (χ4v) is 1.15. The van der Waals surface area contributed by atoms with Crippen LogP contribution in [0.15, 0.2) is 5.11 Å². The van der Waals surface area contributed by atoms with Crippen molar-refractivity contribution in [3.05, 3.63) is 10.4 Å². The molecule has 7 heteroatoms. The smallest absolute Gasteiger partial charge is 0.185 e. The van der Waals surface area contributed by atoms with E-state index in [0.717, 1.165) is 0 Å². The molecule has 1 fully saturated rings. The van der Waals surface area contributed by atoms with Gasteiger partial charge in [-0.3, -0.25) is 0 Å². The maximum atomic E-state index is 9.40. The summed E-state index contributed by atoms with van der Waals surface area (Å²) in [6.45, 7) is 0.0425. The van der Waals surface area contributed by atoms with E-state index < -0.39 is 24.5 Å². The monoisotopic (exact) mass is 189 g/mol. The van der Waals surface area contributed by atoms with Gasteiger partial charge in [-0.1, -0.05) is 5.11 Å². The van der Waals surface area contributed by atoms with Gasteiger partial charge in [-0.05, 0) is 5.53 Å². The second-order valence-electron chi connectivity index (χ2n) is 2.69. The fourth-order valence-electron chi connectivity index (χ4n) is 1.15. The average molecular weight is 189 g/mol. The molecule has 4 unspecified atom stereocenters. The summed E-state index contributed by atoms with van der Waals surface area (Å²) >= 11 is 0. The molecule has 4 atom stereocenters. The average Bonchev–Trinajstić information content (AvgIpc) is 2.14. The zero-order valence-corrected chi connectivity index (χ0v) is 7.07. The van der Waals surface area contributed by atoms with Gasteiger partial charge in [0, 0.05) is 12.0 Å². The number of ether oxygens (including phenoxy) is 2. The third-order valence-electron chi connectivity index (χ3n) is 1.89. The van der Waals surface area contributed by atoms with Gasteiger partial charge in [0.05, 0.1) is 18.8 Å². The Balaban J connectivity index is 2.63. The van der Waals surface area contributed by atoms with E-state index >= 15 is 0 Å². The molecule has 0 saturated carbocycles. The lowest BCUT2D eigenvalue weighted by atomic mass is 10.0. The minimum atomic E-state index is -1.19. The first-order valence-corrected chi connectivity index (χ1v) is 3.75. The highest BCUT2D eigenvalue weighted by Crippen LogP contribution is 2.18. The van der Waals surface area contributed by atoms with Gasteiger partial charge in [-0.15, -0.1) is 0 Å². The molecule has 74 valence electrons. The lowest BCUT2D eigenvalue weighted by molar-refractivity contribution is -0.237. The van der Waals surface area contributed by atoms with Crippen LogP contribution < -0.4 is 0 Å². The van der Waals surface area contributed by atoms with E-state index in [1.807, 2.05) is 0 Å². The molecule has 0 amide bonds. The van der Waals surface area contributed by atoms with Crippen LogP contribution in [0, 0.1) is 0 Å². The molecule has 0 aliphatic carbocycles. The van der Waals surface area contributed by atoms with Crippen LogP contribution in [-0.2, 0) is 9.47 Å². The van der Waals surface area contributed by atoms with Crippen molar-refractivity contribution in [1.82, 2.24) is 0 Å². The van der Waals surface area contributed by atoms with E-state index in [4.69, 9.17) is 15.0 Å². The number of hydrogen-bond acceptors (Lipinski definition) is 5. The van der Waals surface area contributed by atoms with Gasteiger partial charge in [0.1, 0.15) is 6.10 Å². The minimum Gasteiger partial charge on any atom is -0.390 e. The molecular weight excluding hydrogens is 178 g/mol. The molecule has 0 spiro atoms. The Kier molecular flexibility index (Phi) is 3.47. The van der Waals surface area contributed by atoms with Gasteiger partial charge < -0.3 is 19.7 Å². The van der Waals surface area contributed by atoms with E-state index in [0.29, 0.717) is 0 Å². The first-order chi connectivity index (χ1) is 6.20. The van der Waals surface area contributed by atoms with Crippen LogP contribution in [-0.4, -0.2) is 48.5 Å². The number of methoxy groups -OCH3 is 1. The second kappa shape index (κ2) is 4.40. The molecule has 1 aliphatic rings. The SMILES string of the molecule is COC1OCC(N=[N+]=[N-])C(O)C1O. The minimum absolute atomic E-state index is 0.0425. The summed E-state index contributed by atoms with van der Waals surface area (Å²) in [5.74, 6) is 0. The quantitative estimate of drug-likeness (QED) is 0.343. The molecule has 1 heterocycles. The summed E-state index contributed by atoms with van der Waals surface area (Å²) in [5, 5.41) is 22.0. The number of aliphatic hydroxyl groups is 2. The molecule has 0 aromatic carbocycles. The molecular formula is C6H11N3O4. The van der Waals surface area contributed by atoms with Crippen LogP contribution in [0.25, 0.3) is 10.4 Å². The van der Waals surface area contributed by atoms with Crippen molar-refractivity contribution in [3.8, 4) is 0 Å². The van der Waals surface area contributed by atoms with Gasteiger partial charge in [-0.25, -0.2) is 0 Å². The summed E-state index contributed by atoms with van der Waals surface area (Å²) in [5.41, 5.74) is 8.12. The molecule has 1 aliphatic heterocycles. The Bertz CT molecular complexity index is 218. The van der Waals surface area contributed by atoms with E-state index in [9.17, 15) is 10.2 Å². The number of rotatable bonds is 2. The second-order valence-corrected chi connectivity index (χ2v) is 2.69. The van der Waals surface area contributed by atoms with Crippen LogP contribution in [0.2, 0.25) is 0 Å². The van der Waals surface area contributed by atoms with E-state index in [1.165, 1.54) is 7.11 Å². The Hall–Kier alpha value is -0.850. The van der Waals surface area contributed by atoms with Gasteiger partial charge >= 0.3 is 0 Å². The number of azide groups is 1. The molecule has 0 radical (unpaired) electrons. The summed E-state index contributed by atoms with van der Waals surface area (Å²) in [7, 11) is 1.36. The third kappa shape index (κ3) is 2.09. The maximum Gasteiger partial charge on any atom is 0.185 e. The van der Waals surface area contributed by atoms with Crippen molar-refractivity contribution in [2.45, 2.75) is 24.5 Å². The third-order valence-corrected chi connectivity index (χ3v) is 1.89. The first-order valence-electron chi connectivity index (χ1n) is 3.75. The van der Waals surface area contributed by atoms with Crippen LogP contribution in [0.3, 0.4) is 0 Å². The molecule has 0 aromatic heterocycles. The number of nitrogens with zero attached hydrogens (tertiary/aromatic N) is 3. The predicted molar refractivity (Wildman–Crippen MR) is 41.7 cm³/mol. The molecule has 0 aromatic rings. The first kappa shape index (κ1) is 10.2. The summed E-state index contributed by atoms with van der Waals surface area (Å²) in [6.07, 6.45) is -3.19. The van der Waals surface area contributed by atoms with Crippen molar-refractivity contribution in [2.75, 3.05) is 13.7 Å². The van der Waals surface area contributed by atoms with Gasteiger partial charge in [0.25, 0.3) is 0 Å². The molecule has 1 rings (SSSR count). The van der Waals surface area contributed by atoms with Crippen LogP contribution in [0.4, 0.5) is 0 Å². The van der Waals surface area contributed by atoms with Crippen LogP contribution in [0.5, 0.6) is 0 Å². The van der Waals surface area contributed by atoms with Crippen molar-refractivity contribution < 1.29 is 19.7 Å². The van der Waals surface area contributed by atoms with E-state index in [2.05, 4.69) is 10.0 Å². The van der Waals surface area contributed by atoms with Crippen LogP contribution in [0.1, 0.15) is 0 Å². The fraction of sp³-hybridized carbons (Fsp3) is 1.00. The highest BCUT2D eigenvalue weighted by molar-refractivity contribution is 4.87. The summed E-state index contributed by atoms with van der Waals surface area (Å²) < 4.78 is 9.71. The topological polar surface area (TPSA) is 108 Å². The molecule has 1 saturated heterocycles. The Morgan fingerprint density at radius 3 is 2.77 bits per heavy atom. The highest BCUT2D eigenvalue weighted by atomic mass is 16.7. The van der Waals surface area contributed by atoms with Crippen molar-refractivity contribution in [3.63, 3.8) is 0 Å². The van der Waals surface area contributed by atoms with Gasteiger partial charge in [0.15, 0.2) is 6.29 Å². The lowest BCUT2D eigenvalue weighted by Gasteiger charge is -2.34. The standard InChI is InChI=1S/C6H11N3O4/c1-12-6-5(11)4(10)3(2-13-6)8-9-7/h3-6,10-11H,2H2,1H3. The summed E-state index contributed by atoms with van der Waals surface area (Å²) in [4.78, 5) is 2.53. The Morgan fingerprint density at radius 1 is 1.54 bits per heavy atom. The lowest BCUT2D eigenvalue weighted by Crippen LogP contribution is -2.52. The zero-order valence-electron chi connectivity index (χ0n) is 7.07. The predicted octanol–water partition coefficient (Wildman–Crippen LogP) is -0.610. The zero-order chi connectivity index (χ0) is 9.84. The van der Waals surface area contributed by atoms with Crippen molar-refractivity contribution >= 4 is 0 Å². The normalized spacial score (nSPS) is 39.6. The van der Waals surface area contributed by atoms with E-state index in [1.54, 1.807) is 0 Å². The van der Waals surface area contributed by atoms with Crippen molar-refractivity contribution in [2.24, 2.45) is 5.11 Å². The Morgan fingerprint density at radius 2 is 2.23 bits per heavy atom. The van der Waals surface area contributed by atoms with Gasteiger partial charge in [0.2, 0.25) is 0 Å². The molecule has 7 nitrogen and oxygen atoms in total. The Labute approximate surface area is 74.5 Å².